The van der Waals surface area contributed by atoms with Gasteiger partial charge >= 0.3 is 7.41 Å². The van der Waals surface area contributed by atoms with Crippen LogP contribution in [0.25, 0.3) is 11.3 Å². The van der Waals surface area contributed by atoms with E-state index >= 15 is 0 Å². The second kappa shape index (κ2) is 13.7. The molecule has 5 rings (SSSR count). The first-order chi connectivity index (χ1) is 22.7. The number of carbonyl (C=O) groups excluding carboxylic acids is 1. The van der Waals surface area contributed by atoms with Gasteiger partial charge in [-0.05, 0) is 60.7 Å². The molecule has 1 atom stereocenters. The van der Waals surface area contributed by atoms with Gasteiger partial charge in [0.05, 0.1) is 35.4 Å². The average molecular weight is 665 g/mol. The zero-order valence-electron chi connectivity index (χ0n) is 29.7. The minimum atomic E-state index is -2.07. The molecule has 0 saturated carbocycles. The van der Waals surface area contributed by atoms with Crippen molar-refractivity contribution in [3.8, 4) is 17.3 Å². The lowest BCUT2D eigenvalue weighted by Gasteiger charge is -2.39. The summed E-state index contributed by atoms with van der Waals surface area (Å²) in [6.45, 7) is 19.3. The maximum atomic E-state index is 11.7. The van der Waals surface area contributed by atoms with Crippen molar-refractivity contribution in [1.82, 2.24) is 29.3 Å². The van der Waals surface area contributed by atoms with Crippen LogP contribution in [0.2, 0.25) is 18.1 Å². The first-order valence-electron chi connectivity index (χ1n) is 16.5. The topological polar surface area (TPSA) is 127 Å². The second-order valence-corrected chi connectivity index (χ2v) is 19.8. The fraction of sp³-hybridized carbons (Fsp3) is 0.486. The Hall–Kier alpha value is -4.28. The molecule has 1 radical (unpaired) electrons. The number of hydrogen-bond donors (Lipinski definition) is 1. The number of aryl methyl sites for hydroxylation is 1. The van der Waals surface area contributed by atoms with Crippen LogP contribution < -0.4 is 10.1 Å². The van der Waals surface area contributed by atoms with Gasteiger partial charge in [-0.3, -0.25) is 4.68 Å². The molecule has 0 unspecified atom stereocenters. The third-order valence-electron chi connectivity index (χ3n) is 9.80. The molecule has 3 aromatic heterocycles. The van der Waals surface area contributed by atoms with Crippen molar-refractivity contribution in [3.05, 3.63) is 65.6 Å². The summed E-state index contributed by atoms with van der Waals surface area (Å²) in [4.78, 5) is 27.5. The number of imidazole rings is 1. The van der Waals surface area contributed by atoms with Gasteiger partial charge in [0.25, 0.3) is 0 Å². The van der Waals surface area contributed by atoms with Gasteiger partial charge in [0.15, 0.2) is 8.32 Å². The van der Waals surface area contributed by atoms with E-state index in [0.717, 1.165) is 53.0 Å². The molecule has 1 aliphatic heterocycles. The molecule has 1 aromatic carbocycles. The Morgan fingerprint density at radius 2 is 2.00 bits per heavy atom. The number of carbonyl (C=O) groups is 1. The van der Waals surface area contributed by atoms with Gasteiger partial charge in [0.2, 0.25) is 5.95 Å². The highest BCUT2D eigenvalue weighted by Crippen LogP contribution is 2.46. The van der Waals surface area contributed by atoms with Crippen LogP contribution in [0.4, 0.5) is 17.3 Å². The standard InChI is InChI=1S/C35H47BN9O2Si/c1-24(2)10-11-30-29(19-40-45(30)20-31-38-14-15-43(31)7)42-33-39-13-12-28(41-33)25-16-26(18-37)32-27(17-25)35(6,21-44(32)36-23-46)22-47-48(8,9)34(3,4)5/h12-17,19,23-24H,10-11,20-22H2,1-9H3,(H,39,41,42)/t35-/m1/s1. The molecule has 0 spiro atoms. The van der Waals surface area contributed by atoms with Crippen molar-refractivity contribution in [2.75, 3.05) is 23.3 Å². The van der Waals surface area contributed by atoms with Crippen LogP contribution in [-0.4, -0.2) is 64.4 Å². The van der Waals surface area contributed by atoms with Crippen LogP contribution in [0, 0.1) is 17.2 Å². The van der Waals surface area contributed by atoms with Crippen LogP contribution in [0.5, 0.6) is 0 Å². The number of nitrogens with one attached hydrogen (secondary N) is 1. The normalized spacial score (nSPS) is 16.2. The van der Waals surface area contributed by atoms with E-state index in [2.05, 4.69) is 82.1 Å². The predicted molar refractivity (Wildman–Crippen MR) is 194 cm³/mol. The average Bonchev–Trinajstić information content (AvgIpc) is 3.70. The van der Waals surface area contributed by atoms with E-state index < -0.39 is 13.7 Å². The number of fused-ring (bicyclic) bond motifs is 1. The fourth-order valence-corrected chi connectivity index (χ4v) is 6.89. The van der Waals surface area contributed by atoms with Crippen LogP contribution in [0.3, 0.4) is 0 Å². The molecule has 13 heteroatoms. The molecule has 4 aromatic rings. The Balaban J connectivity index is 1.49. The van der Waals surface area contributed by atoms with E-state index in [1.807, 2.05) is 45.6 Å². The summed E-state index contributed by atoms with van der Waals surface area (Å²) in [5.74, 6) is 1.89. The van der Waals surface area contributed by atoms with Gasteiger partial charge in [0.1, 0.15) is 18.1 Å². The zero-order valence-corrected chi connectivity index (χ0v) is 30.7. The molecule has 0 saturated heterocycles. The maximum Gasteiger partial charge on any atom is 0.329 e. The maximum absolute atomic E-state index is 11.7. The van der Waals surface area contributed by atoms with E-state index in [1.54, 1.807) is 12.4 Å². The van der Waals surface area contributed by atoms with Gasteiger partial charge in [-0.15, -0.1) is 0 Å². The van der Waals surface area contributed by atoms with Crippen LogP contribution in [-0.2, 0) is 34.6 Å². The molecular weight excluding hydrogens is 617 g/mol. The van der Waals surface area contributed by atoms with Crippen molar-refractivity contribution in [3.63, 3.8) is 0 Å². The Morgan fingerprint density at radius 3 is 2.65 bits per heavy atom. The quantitative estimate of drug-likeness (QED) is 0.131. The lowest BCUT2D eigenvalue weighted by Crippen LogP contribution is -2.46. The lowest BCUT2D eigenvalue weighted by molar-refractivity contribution is 0.219. The zero-order chi connectivity index (χ0) is 34.9. The number of nitriles is 1. The molecule has 1 aliphatic rings. The van der Waals surface area contributed by atoms with Crippen molar-refractivity contribution >= 4 is 39.2 Å². The van der Waals surface area contributed by atoms with Crippen molar-refractivity contribution in [2.24, 2.45) is 13.0 Å². The molecule has 1 N–H and O–H groups in total. The summed E-state index contributed by atoms with van der Waals surface area (Å²) < 4.78 is 10.7. The summed E-state index contributed by atoms with van der Waals surface area (Å²) >= 11 is 0. The summed E-state index contributed by atoms with van der Waals surface area (Å²) in [7, 11) is 1.43. The van der Waals surface area contributed by atoms with Crippen LogP contribution >= 0.6 is 0 Å². The molecule has 48 heavy (non-hydrogen) atoms. The SMILES string of the molecule is CC(C)CCc1c(Nc2nccc(-c3cc(C#N)c4c(c3)[C@@](C)(CO[Si](C)(C)C(C)(C)C)CN4[B]C=O)n2)cnn1Cc1nccn1C. The molecule has 0 aliphatic carbocycles. The van der Waals surface area contributed by atoms with Crippen molar-refractivity contribution < 1.29 is 9.22 Å². The number of hydrogen-bond acceptors (Lipinski definition) is 9. The Morgan fingerprint density at radius 1 is 1.23 bits per heavy atom. The summed E-state index contributed by atoms with van der Waals surface area (Å²) in [5.41, 5.74) is 5.14. The highest BCUT2D eigenvalue weighted by Gasteiger charge is 2.44. The lowest BCUT2D eigenvalue weighted by atomic mass is 9.83. The summed E-state index contributed by atoms with van der Waals surface area (Å²) in [6, 6.07) is 8.17. The predicted octanol–water partition coefficient (Wildman–Crippen LogP) is 6.23. The molecular formula is C35H47BN9O2Si. The van der Waals surface area contributed by atoms with E-state index in [4.69, 9.17) is 14.5 Å². The third-order valence-corrected chi connectivity index (χ3v) is 14.3. The van der Waals surface area contributed by atoms with Crippen LogP contribution in [0.15, 0.2) is 43.0 Å². The number of anilines is 3. The summed E-state index contributed by atoms with van der Waals surface area (Å²) in [5, 5.41) is 18.5. The van der Waals surface area contributed by atoms with Gasteiger partial charge in [-0.2, -0.15) is 10.4 Å². The highest BCUT2D eigenvalue weighted by molar-refractivity contribution is 6.74. The van der Waals surface area contributed by atoms with Gasteiger partial charge in [0, 0.05) is 55.5 Å². The molecule has 251 valence electrons. The first-order valence-corrected chi connectivity index (χ1v) is 19.5. The largest absolute Gasteiger partial charge is 0.416 e. The second-order valence-electron chi connectivity index (χ2n) is 15.0. The fourth-order valence-electron chi connectivity index (χ4n) is 5.78. The first kappa shape index (κ1) is 35.0. The Labute approximate surface area is 286 Å². The number of benzene rings is 1. The number of nitrogens with zero attached hydrogens (tertiary/aromatic N) is 8. The molecule has 11 nitrogen and oxygen atoms in total. The smallest absolute Gasteiger partial charge is 0.329 e. The van der Waals surface area contributed by atoms with Gasteiger partial charge in [-0.25, -0.2) is 15.0 Å². The van der Waals surface area contributed by atoms with Crippen molar-refractivity contribution in [2.45, 2.75) is 84.5 Å². The minimum absolute atomic E-state index is 0.0484. The van der Waals surface area contributed by atoms with Crippen molar-refractivity contribution in [1.29, 1.82) is 5.26 Å². The molecule has 4 heterocycles. The van der Waals surface area contributed by atoms with Crippen LogP contribution in [0.1, 0.15) is 70.6 Å². The third kappa shape index (κ3) is 7.24. The molecule has 0 amide bonds. The Bertz CT molecular complexity index is 1820. The monoisotopic (exact) mass is 664 g/mol. The number of aromatic nitrogens is 6. The summed E-state index contributed by atoms with van der Waals surface area (Å²) in [6.07, 6.45) is 9.89. The van der Waals surface area contributed by atoms with E-state index in [9.17, 15) is 10.1 Å². The Kier molecular flexibility index (Phi) is 9.99. The molecule has 0 fully saturated rings. The van der Waals surface area contributed by atoms with E-state index in [0.29, 0.717) is 42.8 Å². The van der Waals surface area contributed by atoms with Gasteiger partial charge < -0.3 is 23.9 Å². The highest BCUT2D eigenvalue weighted by atomic mass is 28.4. The number of rotatable bonds is 13. The van der Waals surface area contributed by atoms with Gasteiger partial charge in [-0.1, -0.05) is 41.5 Å². The molecule has 0 bridgehead atoms. The van der Waals surface area contributed by atoms with E-state index in [-0.39, 0.29) is 5.04 Å². The van der Waals surface area contributed by atoms with E-state index in [1.165, 1.54) is 7.41 Å². The minimum Gasteiger partial charge on any atom is -0.416 e.